The number of ether oxygens (including phenoxy) is 2. The molecule has 26 heavy (non-hydrogen) atoms. The maximum Gasteiger partial charge on any atom is 0.175 e. The predicted molar refractivity (Wildman–Crippen MR) is 100.0 cm³/mol. The molecule has 0 aliphatic carbocycles. The molecule has 128 valence electrons. The number of anilines is 2. The highest BCUT2D eigenvalue weighted by Crippen LogP contribution is 2.43. The van der Waals surface area contributed by atoms with Gasteiger partial charge in [-0.2, -0.15) is 0 Å². The molecular formula is C18H10Cl2N4O2. The molecule has 4 N–H and O–H groups in total. The number of hydrogen-bond acceptors (Lipinski definition) is 6. The predicted octanol–water partition coefficient (Wildman–Crippen LogP) is 4.27. The van der Waals surface area contributed by atoms with Crippen molar-refractivity contribution in [1.29, 1.82) is 0 Å². The molecule has 0 saturated heterocycles. The van der Waals surface area contributed by atoms with E-state index in [0.29, 0.717) is 56.5 Å². The number of halogens is 2. The molecule has 0 aromatic heterocycles. The fourth-order valence-electron chi connectivity index (χ4n) is 2.89. The van der Waals surface area contributed by atoms with Crippen molar-refractivity contribution < 1.29 is 9.47 Å². The van der Waals surface area contributed by atoms with E-state index in [1.165, 1.54) is 0 Å². The summed E-state index contributed by atoms with van der Waals surface area (Å²) in [5.74, 6) is 1.72. The minimum absolute atomic E-state index is 0.263. The van der Waals surface area contributed by atoms with Gasteiger partial charge in [0.25, 0.3) is 0 Å². The summed E-state index contributed by atoms with van der Waals surface area (Å²) < 4.78 is 11.8. The summed E-state index contributed by atoms with van der Waals surface area (Å²) in [5, 5.41) is 1.28. The lowest BCUT2D eigenvalue weighted by molar-refractivity contribution is 0.451. The van der Waals surface area contributed by atoms with Gasteiger partial charge in [0.2, 0.25) is 0 Å². The second-order valence-electron chi connectivity index (χ2n) is 5.87. The molecule has 0 saturated carbocycles. The number of rotatable bonds is 0. The Kier molecular flexibility index (Phi) is 3.10. The molecule has 0 amide bonds. The summed E-state index contributed by atoms with van der Waals surface area (Å²) in [6.45, 7) is 0. The minimum atomic E-state index is 0.263. The molecule has 0 spiro atoms. The molecule has 0 radical (unpaired) electrons. The molecule has 0 fully saturated rings. The van der Waals surface area contributed by atoms with Crippen LogP contribution in [-0.2, 0) is 0 Å². The monoisotopic (exact) mass is 384 g/mol. The van der Waals surface area contributed by atoms with Crippen molar-refractivity contribution in [3.8, 4) is 23.0 Å². The summed E-state index contributed by atoms with van der Waals surface area (Å²) in [4.78, 5) is 9.09. The van der Waals surface area contributed by atoms with Crippen LogP contribution in [0.25, 0.3) is 0 Å². The van der Waals surface area contributed by atoms with Crippen molar-refractivity contribution in [1.82, 2.24) is 0 Å². The number of fused-ring (bicyclic) bond motifs is 4. The Bertz CT molecular complexity index is 1140. The maximum atomic E-state index is 6.55. The van der Waals surface area contributed by atoms with Crippen molar-refractivity contribution in [2.75, 3.05) is 11.5 Å². The van der Waals surface area contributed by atoms with E-state index in [-0.39, 0.29) is 10.0 Å². The van der Waals surface area contributed by atoms with Crippen molar-refractivity contribution in [2.45, 2.75) is 0 Å². The summed E-state index contributed by atoms with van der Waals surface area (Å²) >= 11 is 13.1. The Balaban J connectivity index is 1.84. The van der Waals surface area contributed by atoms with Crippen LogP contribution >= 0.6 is 23.2 Å². The normalized spacial score (nSPS) is 13.0. The molecule has 2 heterocycles. The van der Waals surface area contributed by atoms with Gasteiger partial charge in [-0.15, -0.1) is 0 Å². The molecule has 0 atom stereocenters. The molecule has 6 nitrogen and oxygen atoms in total. The lowest BCUT2D eigenvalue weighted by atomic mass is 10.2. The molecule has 0 unspecified atom stereocenters. The van der Waals surface area contributed by atoms with Crippen LogP contribution in [0.2, 0.25) is 10.0 Å². The molecular weight excluding hydrogens is 375 g/mol. The Morgan fingerprint density at radius 2 is 1.12 bits per heavy atom. The summed E-state index contributed by atoms with van der Waals surface area (Å²) in [6, 6.07) is 10.3. The average molecular weight is 385 g/mol. The van der Waals surface area contributed by atoms with Gasteiger partial charge >= 0.3 is 0 Å². The first-order valence-electron chi connectivity index (χ1n) is 7.64. The van der Waals surface area contributed by atoms with E-state index in [2.05, 4.69) is 9.98 Å². The SMILES string of the molecule is Nc1ccc2c(c1)N=c1c(Cl)c3c(c(Cl)c1O2)=Nc1cc(N)ccc1O3. The highest BCUT2D eigenvalue weighted by molar-refractivity contribution is 6.35. The highest BCUT2D eigenvalue weighted by Gasteiger charge is 2.27. The molecule has 3 aromatic rings. The summed E-state index contributed by atoms with van der Waals surface area (Å²) in [6.07, 6.45) is 0. The van der Waals surface area contributed by atoms with Crippen LogP contribution in [0.4, 0.5) is 22.7 Å². The largest absolute Gasteiger partial charge is 0.451 e. The average Bonchev–Trinajstić information content (AvgIpc) is 2.63. The summed E-state index contributed by atoms with van der Waals surface area (Å²) in [7, 11) is 0. The molecule has 0 bridgehead atoms. The van der Waals surface area contributed by atoms with Crippen LogP contribution in [0.15, 0.2) is 46.4 Å². The molecule has 3 aromatic carbocycles. The van der Waals surface area contributed by atoms with Crippen LogP contribution in [0.3, 0.4) is 0 Å². The quantitative estimate of drug-likeness (QED) is 0.389. The van der Waals surface area contributed by atoms with Gasteiger partial charge in [-0.25, -0.2) is 9.98 Å². The van der Waals surface area contributed by atoms with E-state index in [1.807, 2.05) is 0 Å². The van der Waals surface area contributed by atoms with Crippen LogP contribution in [0.1, 0.15) is 0 Å². The Morgan fingerprint density at radius 3 is 1.54 bits per heavy atom. The van der Waals surface area contributed by atoms with Gasteiger partial charge in [-0.3, -0.25) is 0 Å². The van der Waals surface area contributed by atoms with Gasteiger partial charge in [-0.1, -0.05) is 23.2 Å². The van der Waals surface area contributed by atoms with Crippen LogP contribution < -0.4 is 31.7 Å². The Hall–Kier alpha value is -2.96. The van der Waals surface area contributed by atoms with E-state index in [1.54, 1.807) is 36.4 Å². The number of nitrogens with zero attached hydrogens (tertiary/aromatic N) is 2. The van der Waals surface area contributed by atoms with Crippen molar-refractivity contribution in [3.63, 3.8) is 0 Å². The van der Waals surface area contributed by atoms with Crippen molar-refractivity contribution >= 4 is 46.0 Å². The van der Waals surface area contributed by atoms with Gasteiger partial charge < -0.3 is 20.9 Å². The summed E-state index contributed by atoms with van der Waals surface area (Å²) in [5.41, 5.74) is 13.9. The number of nitrogens with two attached hydrogens (primary N) is 2. The standard InChI is InChI=1S/C18H10Cl2N4O2/c19-13-16-18(26-12-4-2-8(22)6-10(12)24-16)14(20)15-17(13)25-11-3-1-7(21)5-9(11)23-15/h1-6H,21-22H2. The smallest absolute Gasteiger partial charge is 0.175 e. The second kappa shape index (κ2) is 5.27. The lowest BCUT2D eigenvalue weighted by Crippen LogP contribution is -2.22. The second-order valence-corrected chi connectivity index (χ2v) is 6.62. The van der Waals surface area contributed by atoms with E-state index >= 15 is 0 Å². The highest BCUT2D eigenvalue weighted by atomic mass is 35.5. The Morgan fingerprint density at radius 1 is 0.692 bits per heavy atom. The van der Waals surface area contributed by atoms with Gasteiger partial charge in [0.05, 0.1) is 0 Å². The first kappa shape index (κ1) is 15.3. The molecule has 2 aliphatic heterocycles. The van der Waals surface area contributed by atoms with Crippen molar-refractivity contribution in [3.05, 3.63) is 57.2 Å². The number of nitrogen functional groups attached to an aromatic ring is 2. The van der Waals surface area contributed by atoms with Crippen molar-refractivity contribution in [2.24, 2.45) is 9.98 Å². The zero-order valence-electron chi connectivity index (χ0n) is 13.1. The van der Waals surface area contributed by atoms with Crippen LogP contribution in [-0.4, -0.2) is 0 Å². The van der Waals surface area contributed by atoms with E-state index in [4.69, 9.17) is 44.1 Å². The zero-order valence-corrected chi connectivity index (χ0v) is 14.6. The third kappa shape index (κ3) is 2.13. The van der Waals surface area contributed by atoms with Gasteiger partial charge in [0, 0.05) is 11.4 Å². The van der Waals surface area contributed by atoms with E-state index in [9.17, 15) is 0 Å². The van der Waals surface area contributed by atoms with E-state index < -0.39 is 0 Å². The van der Waals surface area contributed by atoms with Gasteiger partial charge in [-0.05, 0) is 36.4 Å². The topological polar surface area (TPSA) is 95.2 Å². The third-order valence-corrected chi connectivity index (χ3v) is 4.80. The lowest BCUT2D eigenvalue weighted by Gasteiger charge is -2.21. The zero-order chi connectivity index (χ0) is 18.0. The number of benzene rings is 3. The van der Waals surface area contributed by atoms with Crippen LogP contribution in [0, 0.1) is 0 Å². The minimum Gasteiger partial charge on any atom is -0.451 e. The van der Waals surface area contributed by atoms with Gasteiger partial charge in [0.15, 0.2) is 23.0 Å². The Labute approximate surface area is 157 Å². The molecule has 5 rings (SSSR count). The van der Waals surface area contributed by atoms with E-state index in [0.717, 1.165) is 0 Å². The fraction of sp³-hybridized carbons (Fsp3) is 0. The molecule has 2 aliphatic rings. The first-order chi connectivity index (χ1) is 12.5. The fourth-order valence-corrected chi connectivity index (χ4v) is 3.40. The van der Waals surface area contributed by atoms with Gasteiger partial charge in [0.1, 0.15) is 32.1 Å². The van der Waals surface area contributed by atoms with Crippen LogP contribution in [0.5, 0.6) is 23.0 Å². The first-order valence-corrected chi connectivity index (χ1v) is 8.40. The maximum absolute atomic E-state index is 6.55. The third-order valence-electron chi connectivity index (χ3n) is 4.10. The molecule has 8 heteroatoms. The number of hydrogen-bond donors (Lipinski definition) is 2.